The number of hydrogen-bond acceptors (Lipinski definition) is 12. The second-order valence-electron chi connectivity index (χ2n) is 14.7. The van der Waals surface area contributed by atoms with Gasteiger partial charge < -0.3 is 25.6 Å². The van der Waals surface area contributed by atoms with Gasteiger partial charge in [0.2, 0.25) is 0 Å². The molecule has 1 saturated heterocycles. The second kappa shape index (κ2) is 19.1. The number of piperazine rings is 1. The molecule has 7 aromatic rings. The van der Waals surface area contributed by atoms with Gasteiger partial charge in [0.1, 0.15) is 0 Å². The summed E-state index contributed by atoms with van der Waals surface area (Å²) in [6.45, 7) is 8.66. The van der Waals surface area contributed by atoms with Crippen molar-refractivity contribution in [1.29, 1.82) is 0 Å². The summed E-state index contributed by atoms with van der Waals surface area (Å²) in [6.07, 6.45) is 4.86. The molecule has 0 bridgehead atoms. The molecule has 1 atom stereocenters. The summed E-state index contributed by atoms with van der Waals surface area (Å²) < 4.78 is 8.07. The molecule has 14 nitrogen and oxygen atoms in total. The van der Waals surface area contributed by atoms with Crippen LogP contribution in [0.4, 0.5) is 5.82 Å². The Balaban J connectivity index is 0.762. The predicted molar refractivity (Wildman–Crippen MR) is 238 cm³/mol. The highest BCUT2D eigenvalue weighted by atomic mass is 79.9. The molecule has 0 aliphatic carbocycles. The van der Waals surface area contributed by atoms with Crippen molar-refractivity contribution in [1.82, 2.24) is 54.3 Å². The van der Waals surface area contributed by atoms with Crippen molar-refractivity contribution in [2.45, 2.75) is 55.9 Å². The first-order chi connectivity index (χ1) is 28.3. The fourth-order valence-electron chi connectivity index (χ4n) is 7.53. The molecule has 58 heavy (non-hydrogen) atoms. The van der Waals surface area contributed by atoms with Crippen LogP contribution in [0.2, 0.25) is 5.02 Å². The molecular formula is C40H46Br2ClN13OS. The molecule has 4 N–H and O–H groups in total. The van der Waals surface area contributed by atoms with E-state index in [-0.39, 0.29) is 0 Å². The van der Waals surface area contributed by atoms with E-state index in [0.29, 0.717) is 65.6 Å². The first-order valence-electron chi connectivity index (χ1n) is 19.6. The molecule has 5 heterocycles. The number of hydrogen-bond donors (Lipinski definition) is 3. The Morgan fingerprint density at radius 3 is 2.26 bits per heavy atom. The van der Waals surface area contributed by atoms with Crippen molar-refractivity contribution in [2.75, 3.05) is 57.7 Å². The molecular weight excluding hydrogens is 906 g/mol. The minimum absolute atomic E-state index is 0.456. The van der Waals surface area contributed by atoms with Crippen molar-refractivity contribution in [2.24, 2.45) is 5.73 Å². The molecule has 0 radical (unpaired) electrons. The summed E-state index contributed by atoms with van der Waals surface area (Å²) in [4.78, 5) is 14.5. The number of rotatable bonds is 18. The van der Waals surface area contributed by atoms with Gasteiger partial charge in [0.15, 0.2) is 22.1 Å². The Kier molecular flexibility index (Phi) is 13.6. The Labute approximate surface area is 362 Å². The van der Waals surface area contributed by atoms with Gasteiger partial charge in [-0.05, 0) is 73.5 Å². The highest BCUT2D eigenvalue weighted by molar-refractivity contribution is 9.10. The molecule has 0 saturated carbocycles. The first kappa shape index (κ1) is 41.1. The zero-order chi connectivity index (χ0) is 40.0. The van der Waals surface area contributed by atoms with E-state index in [0.717, 1.165) is 89.8 Å². The molecule has 8 rings (SSSR count). The fourth-order valence-corrected chi connectivity index (χ4v) is 9.09. The molecule has 0 amide bonds. The molecule has 1 fully saturated rings. The van der Waals surface area contributed by atoms with Gasteiger partial charge >= 0.3 is 0 Å². The maximum Gasteiger partial charge on any atom is 0.192 e. The molecule has 1 aliphatic heterocycles. The number of halogens is 3. The van der Waals surface area contributed by atoms with Gasteiger partial charge in [-0.15, -0.1) is 10.2 Å². The van der Waals surface area contributed by atoms with Crippen LogP contribution in [0.3, 0.4) is 0 Å². The lowest BCUT2D eigenvalue weighted by Crippen LogP contribution is -2.49. The number of nitrogens with one attached hydrogen (secondary N) is 1. The van der Waals surface area contributed by atoms with E-state index in [4.69, 9.17) is 27.3 Å². The molecule has 18 heteroatoms. The number of aliphatic hydroxyl groups excluding tert-OH is 1. The maximum atomic E-state index is 11.2. The van der Waals surface area contributed by atoms with Crippen LogP contribution in [0.5, 0.6) is 0 Å². The number of aromatic nitrogens is 9. The zero-order valence-electron chi connectivity index (χ0n) is 32.0. The lowest BCUT2D eigenvalue weighted by molar-refractivity contribution is 0.0650. The van der Waals surface area contributed by atoms with Gasteiger partial charge in [-0.3, -0.25) is 9.58 Å². The second-order valence-corrected chi connectivity index (χ2v) is 17.9. The molecule has 4 aromatic heterocycles. The SMILES string of the molecule is NCCNc1nc(SCc2cn(CCCCCN3CCN(CC(O)Cn4c5ccc(Br)cc5c5cc(Br)ccc54)CC3)nn2)nc2c1nnn2Cc1ccc(Cl)cc1. The average molecular weight is 952 g/mol. The molecule has 3 aromatic carbocycles. The number of anilines is 1. The number of β-amino-alcohol motifs (C(OH)–C–C–N with tert-alkyl or cyclic N) is 1. The van der Waals surface area contributed by atoms with Crippen LogP contribution < -0.4 is 11.1 Å². The summed E-state index contributed by atoms with van der Waals surface area (Å²) >= 11 is 14.8. The monoisotopic (exact) mass is 949 g/mol. The molecule has 1 aliphatic rings. The van der Waals surface area contributed by atoms with Gasteiger partial charge in [-0.25, -0.2) is 14.6 Å². The van der Waals surface area contributed by atoms with Gasteiger partial charge in [0.25, 0.3) is 0 Å². The molecule has 304 valence electrons. The quantitative estimate of drug-likeness (QED) is 0.0479. The normalized spacial score (nSPS) is 14.6. The van der Waals surface area contributed by atoms with Gasteiger partial charge in [-0.2, -0.15) is 0 Å². The number of benzene rings is 3. The minimum atomic E-state index is -0.456. The van der Waals surface area contributed by atoms with E-state index in [2.05, 4.69) is 109 Å². The fraction of sp³-hybridized carbons (Fsp3) is 0.400. The third-order valence-electron chi connectivity index (χ3n) is 10.4. The van der Waals surface area contributed by atoms with Crippen LogP contribution in [0.1, 0.15) is 30.5 Å². The number of aliphatic hydroxyl groups is 1. The van der Waals surface area contributed by atoms with Crippen LogP contribution in [0.15, 0.2) is 81.0 Å². The van der Waals surface area contributed by atoms with Crippen molar-refractivity contribution >= 4 is 94.0 Å². The third kappa shape index (κ3) is 10.0. The van der Waals surface area contributed by atoms with Crippen molar-refractivity contribution in [3.05, 3.63) is 92.1 Å². The maximum absolute atomic E-state index is 11.2. The number of nitrogens with two attached hydrogens (primary N) is 1. The van der Waals surface area contributed by atoms with Crippen molar-refractivity contribution in [3.63, 3.8) is 0 Å². The number of thioether (sulfide) groups is 1. The van der Waals surface area contributed by atoms with E-state index in [9.17, 15) is 5.11 Å². The Bertz CT molecular complexity index is 2410. The van der Waals surface area contributed by atoms with Gasteiger partial charge in [0.05, 0.1) is 24.9 Å². The Morgan fingerprint density at radius 1 is 0.828 bits per heavy atom. The summed E-state index contributed by atoms with van der Waals surface area (Å²) in [5.74, 6) is 1.19. The van der Waals surface area contributed by atoms with Crippen LogP contribution >= 0.6 is 55.2 Å². The minimum Gasteiger partial charge on any atom is -0.390 e. The summed E-state index contributed by atoms with van der Waals surface area (Å²) in [6, 6.07) is 20.4. The van der Waals surface area contributed by atoms with E-state index in [1.807, 2.05) is 35.1 Å². The summed E-state index contributed by atoms with van der Waals surface area (Å²) in [5.41, 5.74) is 11.2. The Hall–Kier alpha value is -3.68. The van der Waals surface area contributed by atoms with Crippen molar-refractivity contribution < 1.29 is 5.11 Å². The van der Waals surface area contributed by atoms with E-state index in [1.165, 1.54) is 22.5 Å². The van der Waals surface area contributed by atoms with Crippen LogP contribution in [0.25, 0.3) is 33.0 Å². The van der Waals surface area contributed by atoms with E-state index >= 15 is 0 Å². The molecule has 1 unspecified atom stereocenters. The van der Waals surface area contributed by atoms with Crippen LogP contribution in [0, 0.1) is 0 Å². The highest BCUT2D eigenvalue weighted by Crippen LogP contribution is 2.33. The smallest absolute Gasteiger partial charge is 0.192 e. The first-order valence-corrected chi connectivity index (χ1v) is 22.6. The molecule has 0 spiro atoms. The number of aryl methyl sites for hydroxylation is 1. The number of unbranched alkanes of at least 4 members (excludes halogenated alkanes) is 2. The third-order valence-corrected chi connectivity index (χ3v) is 12.6. The van der Waals surface area contributed by atoms with Crippen LogP contribution in [-0.4, -0.2) is 118 Å². The van der Waals surface area contributed by atoms with Gasteiger partial charge in [-0.1, -0.05) is 84.2 Å². The zero-order valence-corrected chi connectivity index (χ0v) is 36.8. The van der Waals surface area contributed by atoms with E-state index in [1.54, 1.807) is 4.68 Å². The average Bonchev–Trinajstić information content (AvgIpc) is 3.93. The largest absolute Gasteiger partial charge is 0.390 e. The summed E-state index contributed by atoms with van der Waals surface area (Å²) in [5, 5.41) is 35.7. The number of fused-ring (bicyclic) bond motifs is 4. The van der Waals surface area contributed by atoms with Crippen molar-refractivity contribution in [3.8, 4) is 0 Å². The van der Waals surface area contributed by atoms with Gasteiger partial charge in [0, 0.05) is 100 Å². The predicted octanol–water partition coefficient (Wildman–Crippen LogP) is 6.66. The van der Waals surface area contributed by atoms with E-state index < -0.39 is 6.10 Å². The summed E-state index contributed by atoms with van der Waals surface area (Å²) in [7, 11) is 0. The highest BCUT2D eigenvalue weighted by Gasteiger charge is 2.21. The van der Waals surface area contributed by atoms with Crippen LogP contribution in [-0.2, 0) is 25.4 Å². The standard InChI is InChI=1S/C40H46Br2ClN13OS/c41-28-6-10-35-33(20-28)34-21-29(42)7-11-36(34)55(35)25-32(57)24-53-18-16-52(17-19-53)14-2-1-3-15-54-23-31(48-50-54)26-58-40-46-38(45-13-12-44)37-39(47-40)56(51-49-37)22-27-4-8-30(43)9-5-27/h4-11,20-21,23,32,57H,1-3,12-19,22,24-26,44H2,(H,45,46,47). The lowest BCUT2D eigenvalue weighted by Gasteiger charge is -2.35. The Morgan fingerprint density at radius 2 is 1.53 bits per heavy atom. The topological polar surface area (TPSA) is 157 Å². The number of nitrogens with zero attached hydrogens (tertiary/aromatic N) is 11. The lowest BCUT2D eigenvalue weighted by atomic mass is 10.2.